The van der Waals surface area contributed by atoms with Gasteiger partial charge in [0.1, 0.15) is 0 Å². The molecule has 0 aliphatic rings. The molecule has 0 spiro atoms. The van der Waals surface area contributed by atoms with E-state index < -0.39 is 25.2 Å². The van der Waals surface area contributed by atoms with Crippen LogP contribution in [-0.2, 0) is 8.23 Å². The van der Waals surface area contributed by atoms with Crippen molar-refractivity contribution in [2.45, 2.75) is 65.7 Å². The Bertz CT molecular complexity index is 200. The van der Waals surface area contributed by atoms with Crippen molar-refractivity contribution in [2.75, 3.05) is 0 Å². The summed E-state index contributed by atoms with van der Waals surface area (Å²) < 4.78 is 12.8. The highest BCUT2D eigenvalue weighted by molar-refractivity contribution is 6.87. The molecule has 0 atom stereocenters. The van der Waals surface area contributed by atoms with E-state index in [1.807, 2.05) is 0 Å². The summed E-state index contributed by atoms with van der Waals surface area (Å²) in [6, 6.07) is 1.11. The van der Waals surface area contributed by atoms with Crippen molar-refractivity contribution < 1.29 is 8.23 Å². The zero-order chi connectivity index (χ0) is 13.2. The first-order chi connectivity index (χ1) is 6.83. The quantitative estimate of drug-likeness (QED) is 0.670. The third kappa shape index (κ3) is 8.69. The molecule has 0 amide bonds. The van der Waals surface area contributed by atoms with Gasteiger partial charge in [0.15, 0.2) is 16.6 Å². The van der Waals surface area contributed by atoms with E-state index in [-0.39, 0.29) is 0 Å². The average molecular weight is 279 g/mol. The van der Waals surface area contributed by atoms with E-state index in [1.165, 1.54) is 0 Å². The topological polar surface area (TPSA) is 18.5 Å². The van der Waals surface area contributed by atoms with Crippen molar-refractivity contribution in [3.63, 3.8) is 0 Å². The zero-order valence-electron chi connectivity index (χ0n) is 12.6. The summed E-state index contributed by atoms with van der Waals surface area (Å²) in [5.74, 6) is 0.657. The van der Waals surface area contributed by atoms with Gasteiger partial charge in [0.25, 0.3) is 0 Å². The van der Waals surface area contributed by atoms with Crippen molar-refractivity contribution in [1.82, 2.24) is 0 Å². The SMILES string of the molecule is CC(C)C[Si](C)(O[Si](C)(C)C)O[Si](C)(C)C. The zero-order valence-corrected chi connectivity index (χ0v) is 15.6. The summed E-state index contributed by atoms with van der Waals surface area (Å²) in [6.07, 6.45) is 0. The van der Waals surface area contributed by atoms with Gasteiger partial charge < -0.3 is 8.23 Å². The third-order valence-electron chi connectivity index (χ3n) is 1.82. The first-order valence-electron chi connectivity index (χ1n) is 6.23. The van der Waals surface area contributed by atoms with Gasteiger partial charge in [0, 0.05) is 0 Å². The monoisotopic (exact) mass is 278 g/mol. The first kappa shape index (κ1) is 16.6. The Morgan fingerprint density at radius 2 is 1.06 bits per heavy atom. The molecule has 0 aromatic rings. The number of hydrogen-bond donors (Lipinski definition) is 0. The summed E-state index contributed by atoms with van der Waals surface area (Å²) in [6.45, 7) is 20.3. The fourth-order valence-electron chi connectivity index (χ4n) is 2.14. The van der Waals surface area contributed by atoms with Crippen LogP contribution in [0.15, 0.2) is 0 Å². The molecule has 0 bridgehead atoms. The number of hydrogen-bond acceptors (Lipinski definition) is 2. The Balaban J connectivity index is 4.75. The highest BCUT2D eigenvalue weighted by Gasteiger charge is 2.40. The minimum absolute atomic E-state index is 0.657. The van der Waals surface area contributed by atoms with E-state index in [2.05, 4.69) is 59.7 Å². The molecular formula is C11H30O2Si3. The maximum absolute atomic E-state index is 6.40. The van der Waals surface area contributed by atoms with Gasteiger partial charge in [0.05, 0.1) is 0 Å². The smallest absolute Gasteiger partial charge is 0.314 e. The summed E-state index contributed by atoms with van der Waals surface area (Å²) in [4.78, 5) is 0. The van der Waals surface area contributed by atoms with Gasteiger partial charge in [-0.15, -0.1) is 0 Å². The lowest BCUT2D eigenvalue weighted by atomic mass is 10.3. The molecule has 5 heteroatoms. The molecule has 0 rings (SSSR count). The molecule has 0 saturated heterocycles. The van der Waals surface area contributed by atoms with E-state index >= 15 is 0 Å². The van der Waals surface area contributed by atoms with Gasteiger partial charge in [-0.25, -0.2) is 0 Å². The standard InChI is InChI=1S/C11H30O2Si3/c1-11(2)10-16(9,12-14(3,4)5)13-15(6,7)8/h11H,10H2,1-9H3. The third-order valence-corrected chi connectivity index (χ3v) is 11.7. The van der Waals surface area contributed by atoms with Crippen molar-refractivity contribution in [3.05, 3.63) is 0 Å². The predicted molar refractivity (Wildman–Crippen MR) is 80.1 cm³/mol. The minimum atomic E-state index is -1.96. The summed E-state index contributed by atoms with van der Waals surface area (Å²) in [5.41, 5.74) is 0. The minimum Gasteiger partial charge on any atom is -0.437 e. The summed E-state index contributed by atoms with van der Waals surface area (Å²) in [7, 11) is -4.96. The van der Waals surface area contributed by atoms with Crippen LogP contribution in [0.4, 0.5) is 0 Å². The van der Waals surface area contributed by atoms with E-state index in [0.717, 1.165) is 6.04 Å². The van der Waals surface area contributed by atoms with Crippen LogP contribution in [0.5, 0.6) is 0 Å². The Kier molecular flexibility index (Phi) is 5.67. The van der Waals surface area contributed by atoms with Crippen LogP contribution < -0.4 is 0 Å². The van der Waals surface area contributed by atoms with Crippen molar-refractivity contribution in [1.29, 1.82) is 0 Å². The Morgan fingerprint density at radius 1 is 0.750 bits per heavy atom. The van der Waals surface area contributed by atoms with Gasteiger partial charge in [-0.3, -0.25) is 0 Å². The van der Waals surface area contributed by atoms with Crippen molar-refractivity contribution in [3.8, 4) is 0 Å². The molecule has 0 aromatic heterocycles. The lowest BCUT2D eigenvalue weighted by Crippen LogP contribution is -2.53. The highest BCUT2D eigenvalue weighted by atomic mass is 28.5. The first-order valence-corrected chi connectivity index (χ1v) is 15.6. The van der Waals surface area contributed by atoms with E-state index in [0.29, 0.717) is 5.92 Å². The fourth-order valence-corrected chi connectivity index (χ4v) is 15.2. The lowest BCUT2D eigenvalue weighted by molar-refractivity contribution is 0.373. The molecule has 0 heterocycles. The van der Waals surface area contributed by atoms with Crippen LogP contribution in [0.1, 0.15) is 13.8 Å². The van der Waals surface area contributed by atoms with Crippen LogP contribution in [-0.4, -0.2) is 25.2 Å². The predicted octanol–water partition coefficient (Wildman–Crippen LogP) is 4.42. The maximum Gasteiger partial charge on any atom is 0.314 e. The van der Waals surface area contributed by atoms with Crippen molar-refractivity contribution in [2.24, 2.45) is 5.92 Å². The number of rotatable bonds is 6. The van der Waals surface area contributed by atoms with Crippen LogP contribution in [0, 0.1) is 5.92 Å². The molecule has 0 radical (unpaired) electrons. The average Bonchev–Trinajstić information content (AvgIpc) is 1.69. The van der Waals surface area contributed by atoms with E-state index in [4.69, 9.17) is 8.23 Å². The molecule has 0 N–H and O–H groups in total. The molecule has 16 heavy (non-hydrogen) atoms. The van der Waals surface area contributed by atoms with Gasteiger partial charge in [-0.05, 0) is 57.8 Å². The molecule has 0 aliphatic heterocycles. The van der Waals surface area contributed by atoms with Crippen LogP contribution in [0.3, 0.4) is 0 Å². The Morgan fingerprint density at radius 3 is 1.25 bits per heavy atom. The van der Waals surface area contributed by atoms with E-state index in [9.17, 15) is 0 Å². The molecule has 0 saturated carbocycles. The molecule has 0 unspecified atom stereocenters. The molecular weight excluding hydrogens is 248 g/mol. The second-order valence-corrected chi connectivity index (χ2v) is 19.9. The molecule has 0 aromatic carbocycles. The van der Waals surface area contributed by atoms with Crippen LogP contribution in [0.2, 0.25) is 51.9 Å². The highest BCUT2D eigenvalue weighted by Crippen LogP contribution is 2.27. The second kappa shape index (κ2) is 5.48. The molecule has 0 fully saturated rings. The largest absolute Gasteiger partial charge is 0.437 e. The summed E-state index contributed by atoms with van der Waals surface area (Å²) in [5, 5.41) is 0. The Hall–Kier alpha value is 0.571. The van der Waals surface area contributed by atoms with Gasteiger partial charge in [0.2, 0.25) is 0 Å². The molecule has 98 valence electrons. The molecule has 2 nitrogen and oxygen atoms in total. The maximum atomic E-state index is 6.40. The summed E-state index contributed by atoms with van der Waals surface area (Å²) >= 11 is 0. The van der Waals surface area contributed by atoms with Gasteiger partial charge >= 0.3 is 8.56 Å². The lowest BCUT2D eigenvalue weighted by Gasteiger charge is -2.39. The van der Waals surface area contributed by atoms with Gasteiger partial charge in [-0.1, -0.05) is 13.8 Å². The fraction of sp³-hybridized carbons (Fsp3) is 1.00. The van der Waals surface area contributed by atoms with Gasteiger partial charge in [-0.2, -0.15) is 0 Å². The normalized spacial score (nSPS) is 14.6. The van der Waals surface area contributed by atoms with Crippen LogP contribution >= 0.6 is 0 Å². The van der Waals surface area contributed by atoms with E-state index in [1.54, 1.807) is 0 Å². The van der Waals surface area contributed by atoms with Crippen molar-refractivity contribution >= 4 is 25.2 Å². The van der Waals surface area contributed by atoms with Crippen LogP contribution in [0.25, 0.3) is 0 Å². The Labute approximate surface area is 105 Å². The second-order valence-electron chi connectivity index (χ2n) is 7.16. The molecule has 0 aliphatic carbocycles.